The van der Waals surface area contributed by atoms with Gasteiger partial charge in [-0.05, 0) is 72.9 Å². The fraction of sp³-hybridized carbons (Fsp3) is 0.462. The average molecular weight is 560 g/mol. The van der Waals surface area contributed by atoms with Gasteiger partial charge in [0.15, 0.2) is 0 Å². The van der Waals surface area contributed by atoms with Crippen LogP contribution < -0.4 is 0 Å². The maximum atomic E-state index is 14.0. The van der Waals surface area contributed by atoms with Crippen molar-refractivity contribution < 1.29 is 9.59 Å². The Bertz CT molecular complexity index is 940. The molecule has 3 fully saturated rings. The molecule has 6 atom stereocenters. The molecule has 0 saturated carbocycles. The summed E-state index contributed by atoms with van der Waals surface area (Å²) < 4.78 is 2.04. The van der Waals surface area contributed by atoms with E-state index in [2.05, 4.69) is 70.0 Å². The number of piperidine rings is 2. The Morgan fingerprint density at radius 1 is 0.625 bits per heavy atom. The van der Waals surface area contributed by atoms with Crippen LogP contribution in [0.5, 0.6) is 0 Å². The number of fused-ring (bicyclic) bond motifs is 2. The van der Waals surface area contributed by atoms with Gasteiger partial charge in [0.1, 0.15) is 12.1 Å². The Kier molecular flexibility index (Phi) is 5.95. The van der Waals surface area contributed by atoms with E-state index in [1.165, 1.54) is 0 Å². The minimum atomic E-state index is -0.369. The molecule has 0 aliphatic carbocycles. The topological polar surface area (TPSA) is 40.6 Å². The van der Waals surface area contributed by atoms with Gasteiger partial charge in [-0.15, -0.1) is 0 Å². The highest BCUT2D eigenvalue weighted by molar-refractivity contribution is 9.10. The SMILES string of the molecule is CC1CCC2C(=O)N3C(CCC(C)[C@@H]3c3ccc(Br)cc3)C(=O)N2C1c1ccc(Br)cc1. The molecule has 3 saturated heterocycles. The summed E-state index contributed by atoms with van der Waals surface area (Å²) in [5, 5.41) is 0. The van der Waals surface area contributed by atoms with Crippen LogP contribution in [-0.2, 0) is 9.59 Å². The standard InChI is InChI=1S/C26H28Br2N2O2/c1-15-3-13-21-26(32)30-22(14-4-16(2)24(30)18-7-11-20(28)12-8-18)25(31)29(21)23(15)17-5-9-19(27)10-6-17/h5-12,15-16,21-24H,3-4,13-14H2,1-2H3/t15?,16?,21?,22?,23-,24?/m1/s1. The van der Waals surface area contributed by atoms with E-state index in [1.807, 2.05) is 34.1 Å². The smallest absolute Gasteiger partial charge is 0.246 e. The molecule has 4 nitrogen and oxygen atoms in total. The van der Waals surface area contributed by atoms with Crippen LogP contribution in [-0.4, -0.2) is 33.7 Å². The number of benzene rings is 2. The van der Waals surface area contributed by atoms with Gasteiger partial charge in [-0.2, -0.15) is 0 Å². The highest BCUT2D eigenvalue weighted by atomic mass is 79.9. The zero-order valence-electron chi connectivity index (χ0n) is 18.4. The first-order valence-corrected chi connectivity index (χ1v) is 13.1. The molecule has 5 rings (SSSR count). The van der Waals surface area contributed by atoms with Crippen molar-refractivity contribution in [2.45, 2.75) is 63.7 Å². The van der Waals surface area contributed by atoms with Crippen LogP contribution in [0.4, 0.5) is 0 Å². The fourth-order valence-corrected chi connectivity index (χ4v) is 6.61. The molecule has 0 N–H and O–H groups in total. The van der Waals surface area contributed by atoms with Crippen molar-refractivity contribution in [1.29, 1.82) is 0 Å². The van der Waals surface area contributed by atoms with Crippen LogP contribution >= 0.6 is 31.9 Å². The quantitative estimate of drug-likeness (QED) is 0.435. The van der Waals surface area contributed by atoms with E-state index < -0.39 is 0 Å². The Balaban J connectivity index is 1.54. The van der Waals surface area contributed by atoms with E-state index in [4.69, 9.17) is 0 Å². The maximum Gasteiger partial charge on any atom is 0.246 e. The van der Waals surface area contributed by atoms with Gasteiger partial charge in [-0.1, -0.05) is 70.0 Å². The molecule has 3 aliphatic rings. The van der Waals surface area contributed by atoms with Crippen molar-refractivity contribution in [1.82, 2.24) is 9.80 Å². The van der Waals surface area contributed by atoms with E-state index >= 15 is 0 Å². The number of carbonyl (C=O) groups excluding carboxylic acids is 2. The lowest BCUT2D eigenvalue weighted by Gasteiger charge is -2.56. The van der Waals surface area contributed by atoms with Crippen LogP contribution in [0.15, 0.2) is 57.5 Å². The van der Waals surface area contributed by atoms with Crippen LogP contribution in [0.25, 0.3) is 0 Å². The number of nitrogens with zero attached hydrogens (tertiary/aromatic N) is 2. The van der Waals surface area contributed by atoms with Gasteiger partial charge < -0.3 is 9.80 Å². The van der Waals surface area contributed by atoms with E-state index in [1.54, 1.807) is 0 Å². The molecule has 2 aromatic carbocycles. The van der Waals surface area contributed by atoms with Gasteiger partial charge in [0, 0.05) is 8.95 Å². The molecule has 32 heavy (non-hydrogen) atoms. The van der Waals surface area contributed by atoms with E-state index in [9.17, 15) is 9.59 Å². The van der Waals surface area contributed by atoms with Crippen molar-refractivity contribution in [3.05, 3.63) is 68.6 Å². The molecule has 0 radical (unpaired) electrons. The summed E-state index contributed by atoms with van der Waals surface area (Å²) in [5.41, 5.74) is 2.24. The minimum absolute atomic E-state index is 0.0501. The second-order valence-electron chi connectivity index (χ2n) is 9.62. The van der Waals surface area contributed by atoms with Gasteiger partial charge in [0.2, 0.25) is 11.8 Å². The zero-order chi connectivity index (χ0) is 22.6. The van der Waals surface area contributed by atoms with E-state index in [0.29, 0.717) is 11.8 Å². The summed E-state index contributed by atoms with van der Waals surface area (Å²) in [6, 6.07) is 15.6. The number of hydrogen-bond acceptors (Lipinski definition) is 2. The molecule has 0 spiro atoms. The molecule has 0 aromatic heterocycles. The number of amides is 2. The summed E-state index contributed by atoms with van der Waals surface area (Å²) in [7, 11) is 0. The fourth-order valence-electron chi connectivity index (χ4n) is 6.08. The molecule has 3 heterocycles. The van der Waals surface area contributed by atoms with Gasteiger partial charge in [0.25, 0.3) is 0 Å². The third kappa shape index (κ3) is 3.63. The Hall–Kier alpha value is -1.66. The lowest BCUT2D eigenvalue weighted by Crippen LogP contribution is -2.69. The molecule has 3 aliphatic heterocycles. The summed E-state index contributed by atoms with van der Waals surface area (Å²) in [4.78, 5) is 31.9. The molecular formula is C26H28Br2N2O2. The summed E-state index contributed by atoms with van der Waals surface area (Å²) in [6.45, 7) is 4.42. The highest BCUT2D eigenvalue weighted by Crippen LogP contribution is 2.48. The monoisotopic (exact) mass is 558 g/mol. The second kappa shape index (κ2) is 8.60. The Labute approximate surface area is 206 Å². The van der Waals surface area contributed by atoms with Crippen LogP contribution in [0.3, 0.4) is 0 Å². The summed E-state index contributed by atoms with van der Waals surface area (Å²) in [6.07, 6.45) is 3.36. The van der Waals surface area contributed by atoms with Crippen molar-refractivity contribution >= 4 is 43.7 Å². The third-order valence-corrected chi connectivity index (χ3v) is 8.70. The largest absolute Gasteiger partial charge is 0.322 e. The van der Waals surface area contributed by atoms with Gasteiger partial charge >= 0.3 is 0 Å². The minimum Gasteiger partial charge on any atom is -0.322 e. The first-order chi connectivity index (χ1) is 15.4. The van der Waals surface area contributed by atoms with Gasteiger partial charge in [0.05, 0.1) is 12.1 Å². The molecular weight excluding hydrogens is 532 g/mol. The normalized spacial score (nSPS) is 32.5. The summed E-state index contributed by atoms with van der Waals surface area (Å²) >= 11 is 7.03. The first-order valence-electron chi connectivity index (χ1n) is 11.5. The Morgan fingerprint density at radius 3 is 1.31 bits per heavy atom. The van der Waals surface area contributed by atoms with E-state index in [-0.39, 0.29) is 36.0 Å². The maximum absolute atomic E-state index is 14.0. The van der Waals surface area contributed by atoms with Gasteiger partial charge in [-0.25, -0.2) is 0 Å². The van der Waals surface area contributed by atoms with Crippen LogP contribution in [0.1, 0.15) is 62.7 Å². The zero-order valence-corrected chi connectivity index (χ0v) is 21.6. The van der Waals surface area contributed by atoms with Crippen LogP contribution in [0.2, 0.25) is 0 Å². The first kappa shape index (κ1) is 22.1. The molecule has 2 aromatic rings. The predicted octanol–water partition coefficient (Wildman–Crippen LogP) is 6.26. The Morgan fingerprint density at radius 2 is 0.969 bits per heavy atom. The molecule has 168 valence electrons. The molecule has 6 heteroatoms. The second-order valence-corrected chi connectivity index (χ2v) is 11.5. The lowest BCUT2D eigenvalue weighted by atomic mass is 9.76. The predicted molar refractivity (Wildman–Crippen MR) is 132 cm³/mol. The van der Waals surface area contributed by atoms with Crippen molar-refractivity contribution in [2.75, 3.05) is 0 Å². The summed E-state index contributed by atoms with van der Waals surface area (Å²) in [5.74, 6) is 0.896. The van der Waals surface area contributed by atoms with E-state index in [0.717, 1.165) is 45.8 Å². The lowest BCUT2D eigenvalue weighted by molar-refractivity contribution is -0.177. The van der Waals surface area contributed by atoms with Gasteiger partial charge in [-0.3, -0.25) is 9.59 Å². The number of piperazine rings is 1. The average Bonchev–Trinajstić information content (AvgIpc) is 2.78. The highest BCUT2D eigenvalue weighted by Gasteiger charge is 2.55. The third-order valence-electron chi connectivity index (χ3n) is 7.64. The van der Waals surface area contributed by atoms with Crippen LogP contribution in [0, 0.1) is 11.8 Å². The number of rotatable bonds is 2. The molecule has 0 bridgehead atoms. The van der Waals surface area contributed by atoms with Crippen molar-refractivity contribution in [2.24, 2.45) is 11.8 Å². The number of hydrogen-bond donors (Lipinski definition) is 0. The molecule has 5 unspecified atom stereocenters. The number of carbonyl (C=O) groups is 2. The van der Waals surface area contributed by atoms with Crippen molar-refractivity contribution in [3.63, 3.8) is 0 Å². The van der Waals surface area contributed by atoms with Crippen molar-refractivity contribution in [3.8, 4) is 0 Å². The molecule has 2 amide bonds. The number of halogens is 2.